The molecule has 1 saturated heterocycles. The highest BCUT2D eigenvalue weighted by Crippen LogP contribution is 2.09. The van der Waals surface area contributed by atoms with Gasteiger partial charge in [-0.1, -0.05) is 0 Å². The molecule has 0 saturated carbocycles. The number of amides is 1. The molecule has 1 aliphatic heterocycles. The van der Waals surface area contributed by atoms with Gasteiger partial charge in [-0.3, -0.25) is 4.79 Å². The van der Waals surface area contributed by atoms with Crippen molar-refractivity contribution in [1.82, 2.24) is 15.4 Å². The Balaban J connectivity index is 2.14. The summed E-state index contributed by atoms with van der Waals surface area (Å²) in [6, 6.07) is 0. The first kappa shape index (κ1) is 13.4. The Morgan fingerprint density at radius 2 is 2.19 bits per heavy atom. The molecule has 1 unspecified atom stereocenters. The van der Waals surface area contributed by atoms with Crippen molar-refractivity contribution in [3.05, 3.63) is 0 Å². The standard InChI is InChI=1S/C9H19N3O3S/c1-16(14,15)12-6-5-11-9(13)8-3-2-4-10-7-8/h8,10,12H,2-7H2,1H3,(H,11,13). The second kappa shape index (κ2) is 6.17. The van der Waals surface area contributed by atoms with Crippen LogP contribution in [0.15, 0.2) is 0 Å². The van der Waals surface area contributed by atoms with E-state index >= 15 is 0 Å². The first-order valence-corrected chi connectivity index (χ1v) is 7.31. The van der Waals surface area contributed by atoms with Gasteiger partial charge in [-0.05, 0) is 19.4 Å². The van der Waals surface area contributed by atoms with E-state index in [1.165, 1.54) is 0 Å². The van der Waals surface area contributed by atoms with Gasteiger partial charge < -0.3 is 10.6 Å². The van der Waals surface area contributed by atoms with Crippen molar-refractivity contribution in [2.75, 3.05) is 32.4 Å². The summed E-state index contributed by atoms with van der Waals surface area (Å²) in [6.07, 6.45) is 3.01. The Bertz CT molecular complexity index is 323. The molecular formula is C9H19N3O3S. The maximum atomic E-state index is 11.6. The molecule has 0 aliphatic carbocycles. The molecule has 3 N–H and O–H groups in total. The summed E-state index contributed by atoms with van der Waals surface area (Å²) in [5, 5.41) is 5.88. The molecule has 1 amide bonds. The summed E-state index contributed by atoms with van der Waals surface area (Å²) in [7, 11) is -3.16. The molecule has 94 valence electrons. The Labute approximate surface area is 96.2 Å². The highest BCUT2D eigenvalue weighted by Gasteiger charge is 2.20. The summed E-state index contributed by atoms with van der Waals surface area (Å²) in [4.78, 5) is 11.6. The molecule has 7 heteroatoms. The fourth-order valence-electron chi connectivity index (χ4n) is 1.64. The molecule has 1 fully saturated rings. The van der Waals surface area contributed by atoms with Crippen molar-refractivity contribution in [1.29, 1.82) is 0 Å². The second-order valence-electron chi connectivity index (χ2n) is 4.00. The zero-order chi connectivity index (χ0) is 12.0. The van der Waals surface area contributed by atoms with Crippen molar-refractivity contribution in [2.45, 2.75) is 12.8 Å². The highest BCUT2D eigenvalue weighted by atomic mass is 32.2. The van der Waals surface area contributed by atoms with Crippen LogP contribution in [0.3, 0.4) is 0 Å². The second-order valence-corrected chi connectivity index (χ2v) is 5.83. The first-order chi connectivity index (χ1) is 7.49. The lowest BCUT2D eigenvalue weighted by molar-refractivity contribution is -0.125. The van der Waals surface area contributed by atoms with Crippen LogP contribution in [-0.4, -0.2) is 46.8 Å². The van der Waals surface area contributed by atoms with E-state index < -0.39 is 10.0 Å². The van der Waals surface area contributed by atoms with Gasteiger partial charge in [-0.2, -0.15) is 0 Å². The lowest BCUT2D eigenvalue weighted by Gasteiger charge is -2.21. The van der Waals surface area contributed by atoms with E-state index in [4.69, 9.17) is 0 Å². The van der Waals surface area contributed by atoms with Gasteiger partial charge in [-0.15, -0.1) is 0 Å². The predicted molar refractivity (Wildman–Crippen MR) is 61.4 cm³/mol. The summed E-state index contributed by atoms with van der Waals surface area (Å²) in [5.74, 6) is 0.0227. The summed E-state index contributed by atoms with van der Waals surface area (Å²) in [6.45, 7) is 2.26. The van der Waals surface area contributed by atoms with Crippen molar-refractivity contribution in [3.8, 4) is 0 Å². The molecule has 1 rings (SSSR count). The zero-order valence-corrected chi connectivity index (χ0v) is 10.3. The number of piperidine rings is 1. The normalized spacial score (nSPS) is 21.7. The van der Waals surface area contributed by atoms with Gasteiger partial charge in [0, 0.05) is 19.6 Å². The molecule has 6 nitrogen and oxygen atoms in total. The molecule has 1 heterocycles. The fourth-order valence-corrected chi connectivity index (χ4v) is 2.11. The lowest BCUT2D eigenvalue weighted by atomic mass is 9.99. The molecule has 1 aliphatic rings. The quantitative estimate of drug-likeness (QED) is 0.526. The van der Waals surface area contributed by atoms with Crippen molar-refractivity contribution in [3.63, 3.8) is 0 Å². The lowest BCUT2D eigenvalue weighted by Crippen LogP contribution is -2.42. The van der Waals surface area contributed by atoms with Crippen LogP contribution in [0, 0.1) is 5.92 Å². The van der Waals surface area contributed by atoms with E-state index in [1.807, 2.05) is 0 Å². The molecule has 0 bridgehead atoms. The van der Waals surface area contributed by atoms with Gasteiger partial charge in [-0.25, -0.2) is 13.1 Å². The fraction of sp³-hybridized carbons (Fsp3) is 0.889. The SMILES string of the molecule is CS(=O)(=O)NCCNC(=O)C1CCCNC1. The van der Waals surface area contributed by atoms with E-state index in [1.54, 1.807) is 0 Å². The van der Waals surface area contributed by atoms with Crippen molar-refractivity contribution in [2.24, 2.45) is 5.92 Å². The van der Waals surface area contributed by atoms with E-state index in [0.29, 0.717) is 13.1 Å². The third-order valence-corrected chi connectivity index (χ3v) is 3.18. The van der Waals surface area contributed by atoms with Crippen molar-refractivity contribution < 1.29 is 13.2 Å². The summed E-state index contributed by atoms with van der Waals surface area (Å²) < 4.78 is 23.8. The molecular weight excluding hydrogens is 230 g/mol. The van der Waals surface area contributed by atoms with Crippen LogP contribution in [0.4, 0.5) is 0 Å². The van der Waals surface area contributed by atoms with Gasteiger partial charge in [0.15, 0.2) is 0 Å². The molecule has 0 aromatic carbocycles. The molecule has 16 heavy (non-hydrogen) atoms. The number of carbonyl (C=O) groups excluding carboxylic acids is 1. The monoisotopic (exact) mass is 249 g/mol. The Morgan fingerprint density at radius 1 is 1.44 bits per heavy atom. The molecule has 0 radical (unpaired) electrons. The van der Waals surface area contributed by atoms with E-state index in [2.05, 4.69) is 15.4 Å². The van der Waals surface area contributed by atoms with Crippen LogP contribution in [-0.2, 0) is 14.8 Å². The average Bonchev–Trinajstić information content (AvgIpc) is 2.24. The van der Waals surface area contributed by atoms with Crippen LogP contribution >= 0.6 is 0 Å². The van der Waals surface area contributed by atoms with Crippen LogP contribution in [0.2, 0.25) is 0 Å². The van der Waals surface area contributed by atoms with Crippen LogP contribution in [0.25, 0.3) is 0 Å². The van der Waals surface area contributed by atoms with Gasteiger partial charge >= 0.3 is 0 Å². The third-order valence-electron chi connectivity index (χ3n) is 2.46. The Morgan fingerprint density at radius 3 is 2.75 bits per heavy atom. The topological polar surface area (TPSA) is 87.3 Å². The number of hydrogen-bond acceptors (Lipinski definition) is 4. The minimum atomic E-state index is -3.16. The van der Waals surface area contributed by atoms with E-state index in [0.717, 1.165) is 25.6 Å². The summed E-state index contributed by atoms with van der Waals surface area (Å²) >= 11 is 0. The maximum Gasteiger partial charge on any atom is 0.224 e. The van der Waals surface area contributed by atoms with Crippen LogP contribution in [0.1, 0.15) is 12.8 Å². The van der Waals surface area contributed by atoms with Crippen molar-refractivity contribution >= 4 is 15.9 Å². The van der Waals surface area contributed by atoms with Crippen LogP contribution in [0.5, 0.6) is 0 Å². The Hall–Kier alpha value is -0.660. The average molecular weight is 249 g/mol. The predicted octanol–water partition coefficient (Wildman–Crippen LogP) is -1.35. The zero-order valence-electron chi connectivity index (χ0n) is 9.45. The van der Waals surface area contributed by atoms with E-state index in [9.17, 15) is 13.2 Å². The number of nitrogens with one attached hydrogen (secondary N) is 3. The van der Waals surface area contributed by atoms with Gasteiger partial charge in [0.25, 0.3) is 0 Å². The largest absolute Gasteiger partial charge is 0.355 e. The van der Waals surface area contributed by atoms with Crippen LogP contribution < -0.4 is 15.4 Å². The minimum absolute atomic E-state index is 0.00232. The maximum absolute atomic E-state index is 11.6. The number of hydrogen-bond donors (Lipinski definition) is 3. The molecule has 1 atom stereocenters. The van der Waals surface area contributed by atoms with Gasteiger partial charge in [0.05, 0.1) is 12.2 Å². The third kappa shape index (κ3) is 5.43. The van der Waals surface area contributed by atoms with Gasteiger partial charge in [0.1, 0.15) is 0 Å². The summed E-state index contributed by atoms with van der Waals surface area (Å²) in [5.41, 5.74) is 0. The molecule has 0 spiro atoms. The molecule has 0 aromatic rings. The van der Waals surface area contributed by atoms with Gasteiger partial charge in [0.2, 0.25) is 15.9 Å². The highest BCUT2D eigenvalue weighted by molar-refractivity contribution is 7.88. The van der Waals surface area contributed by atoms with E-state index in [-0.39, 0.29) is 18.4 Å². The number of carbonyl (C=O) groups is 1. The minimum Gasteiger partial charge on any atom is -0.355 e. The molecule has 0 aromatic heterocycles. The number of rotatable bonds is 5. The smallest absolute Gasteiger partial charge is 0.224 e. The number of sulfonamides is 1. The Kier molecular flexibility index (Phi) is 5.17. The first-order valence-electron chi connectivity index (χ1n) is 5.42.